The number of nitrogens with two attached hydrogens (primary N) is 1. The van der Waals surface area contributed by atoms with Gasteiger partial charge in [-0.2, -0.15) is 0 Å². The van der Waals surface area contributed by atoms with E-state index < -0.39 is 0 Å². The van der Waals surface area contributed by atoms with E-state index in [1.165, 1.54) is 25.8 Å². The lowest BCUT2D eigenvalue weighted by atomic mass is 10.0. The van der Waals surface area contributed by atoms with Crippen molar-refractivity contribution in [3.8, 4) is 0 Å². The zero-order valence-corrected chi connectivity index (χ0v) is 12.7. The molecule has 3 N–H and O–H groups in total. The second-order valence-electron chi connectivity index (χ2n) is 5.86. The van der Waals surface area contributed by atoms with E-state index in [9.17, 15) is 4.79 Å². The van der Waals surface area contributed by atoms with Crippen LogP contribution in [0.15, 0.2) is 0 Å². The average molecular weight is 269 g/mol. The summed E-state index contributed by atoms with van der Waals surface area (Å²) in [5, 5.41) is 3.04. The molecule has 1 amide bonds. The Morgan fingerprint density at radius 3 is 2.89 bits per heavy atom. The Kier molecular flexibility index (Phi) is 8.07. The van der Waals surface area contributed by atoms with Gasteiger partial charge in [0.25, 0.3) is 0 Å². The molecule has 1 aliphatic heterocycles. The number of carbonyl (C=O) groups excluding carboxylic acids is 1. The highest BCUT2D eigenvalue weighted by Gasteiger charge is 2.17. The minimum Gasteiger partial charge on any atom is -0.356 e. The fourth-order valence-electron chi connectivity index (χ4n) is 2.71. The SMILES string of the molecule is CC(CCCN)C(=O)NCCCN1CCCCC1C. The van der Waals surface area contributed by atoms with Crippen LogP contribution in [0.4, 0.5) is 0 Å². The standard InChI is InChI=1S/C15H31N3O/c1-13(7-5-9-16)15(19)17-10-6-12-18-11-4-3-8-14(18)2/h13-14H,3-12,16H2,1-2H3,(H,17,19). The van der Waals surface area contributed by atoms with Crippen molar-refractivity contribution in [1.29, 1.82) is 0 Å². The van der Waals surface area contributed by atoms with Gasteiger partial charge in [0.1, 0.15) is 0 Å². The Morgan fingerprint density at radius 2 is 2.21 bits per heavy atom. The zero-order valence-electron chi connectivity index (χ0n) is 12.7. The van der Waals surface area contributed by atoms with Crippen molar-refractivity contribution >= 4 is 5.91 Å². The van der Waals surface area contributed by atoms with Crippen LogP contribution in [0.1, 0.15) is 52.4 Å². The van der Waals surface area contributed by atoms with Gasteiger partial charge in [0.05, 0.1) is 0 Å². The molecule has 1 aliphatic rings. The topological polar surface area (TPSA) is 58.4 Å². The van der Waals surface area contributed by atoms with Gasteiger partial charge in [-0.1, -0.05) is 13.3 Å². The second kappa shape index (κ2) is 9.32. The highest BCUT2D eigenvalue weighted by Crippen LogP contribution is 2.16. The fraction of sp³-hybridized carbons (Fsp3) is 0.933. The highest BCUT2D eigenvalue weighted by atomic mass is 16.1. The summed E-state index contributed by atoms with van der Waals surface area (Å²) in [6.07, 6.45) is 6.90. The first-order chi connectivity index (χ1) is 9.15. The van der Waals surface area contributed by atoms with Crippen molar-refractivity contribution in [2.45, 2.75) is 58.4 Å². The molecular formula is C15H31N3O. The van der Waals surface area contributed by atoms with Gasteiger partial charge in [0.2, 0.25) is 5.91 Å². The molecule has 1 fully saturated rings. The van der Waals surface area contributed by atoms with Gasteiger partial charge in [0, 0.05) is 25.0 Å². The molecule has 0 aliphatic carbocycles. The second-order valence-corrected chi connectivity index (χ2v) is 5.86. The van der Waals surface area contributed by atoms with E-state index in [1.54, 1.807) is 0 Å². The smallest absolute Gasteiger partial charge is 0.222 e. The summed E-state index contributed by atoms with van der Waals surface area (Å²) in [5.41, 5.74) is 5.46. The number of amides is 1. The predicted molar refractivity (Wildman–Crippen MR) is 80.0 cm³/mol. The van der Waals surface area contributed by atoms with Crippen molar-refractivity contribution in [2.24, 2.45) is 11.7 Å². The third-order valence-corrected chi connectivity index (χ3v) is 4.15. The molecule has 112 valence electrons. The monoisotopic (exact) mass is 269 g/mol. The molecule has 1 saturated heterocycles. The van der Waals surface area contributed by atoms with E-state index in [-0.39, 0.29) is 11.8 Å². The zero-order chi connectivity index (χ0) is 14.1. The quantitative estimate of drug-likeness (QED) is 0.660. The molecule has 4 nitrogen and oxygen atoms in total. The summed E-state index contributed by atoms with van der Waals surface area (Å²) in [4.78, 5) is 14.3. The predicted octanol–water partition coefficient (Wildman–Crippen LogP) is 1.74. The van der Waals surface area contributed by atoms with E-state index in [0.29, 0.717) is 12.6 Å². The largest absolute Gasteiger partial charge is 0.356 e. The van der Waals surface area contributed by atoms with Crippen LogP contribution in [0.25, 0.3) is 0 Å². The summed E-state index contributed by atoms with van der Waals surface area (Å²) >= 11 is 0. The van der Waals surface area contributed by atoms with Gasteiger partial charge >= 0.3 is 0 Å². The third-order valence-electron chi connectivity index (χ3n) is 4.15. The van der Waals surface area contributed by atoms with Gasteiger partial charge in [0.15, 0.2) is 0 Å². The van der Waals surface area contributed by atoms with Gasteiger partial charge in [-0.05, 0) is 52.1 Å². The number of hydrogen-bond donors (Lipinski definition) is 2. The van der Waals surface area contributed by atoms with Gasteiger partial charge in [-0.25, -0.2) is 0 Å². The maximum Gasteiger partial charge on any atom is 0.222 e. The third kappa shape index (κ3) is 6.39. The van der Waals surface area contributed by atoms with Crippen molar-refractivity contribution in [2.75, 3.05) is 26.2 Å². The molecule has 1 rings (SSSR count). The van der Waals surface area contributed by atoms with Crippen LogP contribution in [-0.2, 0) is 4.79 Å². The van der Waals surface area contributed by atoms with Crippen LogP contribution in [0.5, 0.6) is 0 Å². The van der Waals surface area contributed by atoms with Crippen LogP contribution in [0, 0.1) is 5.92 Å². The summed E-state index contributed by atoms with van der Waals surface area (Å²) in [6.45, 7) is 8.10. The van der Waals surface area contributed by atoms with E-state index in [1.807, 2.05) is 6.92 Å². The molecule has 19 heavy (non-hydrogen) atoms. The molecule has 2 atom stereocenters. The van der Waals surface area contributed by atoms with Gasteiger partial charge in [-0.15, -0.1) is 0 Å². The lowest BCUT2D eigenvalue weighted by Crippen LogP contribution is -2.39. The molecule has 4 heteroatoms. The van der Waals surface area contributed by atoms with Crippen molar-refractivity contribution in [3.63, 3.8) is 0 Å². The summed E-state index contributed by atoms with van der Waals surface area (Å²) in [6, 6.07) is 0.716. The molecule has 2 unspecified atom stereocenters. The Hall–Kier alpha value is -0.610. The van der Waals surface area contributed by atoms with Crippen LogP contribution in [-0.4, -0.2) is 43.0 Å². The van der Waals surface area contributed by atoms with Crippen LogP contribution in [0.3, 0.4) is 0 Å². The lowest BCUT2D eigenvalue weighted by molar-refractivity contribution is -0.124. The van der Waals surface area contributed by atoms with Crippen LogP contribution in [0.2, 0.25) is 0 Å². The molecule has 0 saturated carbocycles. The van der Waals surface area contributed by atoms with Gasteiger partial charge < -0.3 is 16.0 Å². The highest BCUT2D eigenvalue weighted by molar-refractivity contribution is 5.78. The van der Waals surface area contributed by atoms with Crippen LogP contribution < -0.4 is 11.1 Å². The lowest BCUT2D eigenvalue weighted by Gasteiger charge is -2.33. The Morgan fingerprint density at radius 1 is 1.42 bits per heavy atom. The van der Waals surface area contributed by atoms with E-state index in [2.05, 4.69) is 17.1 Å². The van der Waals surface area contributed by atoms with Crippen LogP contribution >= 0.6 is 0 Å². The fourth-order valence-corrected chi connectivity index (χ4v) is 2.71. The molecule has 0 spiro atoms. The molecule has 0 aromatic carbocycles. The molecule has 0 aromatic heterocycles. The molecule has 1 heterocycles. The van der Waals surface area contributed by atoms with Crippen molar-refractivity contribution < 1.29 is 4.79 Å². The normalized spacial score (nSPS) is 22.2. The van der Waals surface area contributed by atoms with Crippen molar-refractivity contribution in [1.82, 2.24) is 10.2 Å². The minimum absolute atomic E-state index is 0.0949. The summed E-state index contributed by atoms with van der Waals surface area (Å²) in [5.74, 6) is 0.276. The minimum atomic E-state index is 0.0949. The number of likely N-dealkylation sites (tertiary alicyclic amines) is 1. The Labute approximate surface area is 118 Å². The maximum atomic E-state index is 11.8. The number of piperidine rings is 1. The molecule has 0 aromatic rings. The summed E-state index contributed by atoms with van der Waals surface area (Å²) in [7, 11) is 0. The number of hydrogen-bond acceptors (Lipinski definition) is 3. The average Bonchev–Trinajstić information content (AvgIpc) is 2.42. The first kappa shape index (κ1) is 16.4. The van der Waals surface area contributed by atoms with Crippen molar-refractivity contribution in [3.05, 3.63) is 0 Å². The van der Waals surface area contributed by atoms with E-state index in [0.717, 1.165) is 32.4 Å². The Balaban J connectivity index is 2.07. The molecule has 0 bridgehead atoms. The molecule has 0 radical (unpaired) electrons. The first-order valence-corrected chi connectivity index (χ1v) is 7.87. The van der Waals surface area contributed by atoms with Gasteiger partial charge in [-0.3, -0.25) is 4.79 Å². The first-order valence-electron chi connectivity index (χ1n) is 7.87. The number of nitrogens with one attached hydrogen (secondary N) is 1. The van der Waals surface area contributed by atoms with E-state index >= 15 is 0 Å². The molecular weight excluding hydrogens is 238 g/mol. The maximum absolute atomic E-state index is 11.8. The number of rotatable bonds is 8. The number of carbonyl (C=O) groups is 1. The Bertz CT molecular complexity index is 258. The number of nitrogens with zero attached hydrogens (tertiary/aromatic N) is 1. The van der Waals surface area contributed by atoms with E-state index in [4.69, 9.17) is 5.73 Å². The summed E-state index contributed by atoms with van der Waals surface area (Å²) < 4.78 is 0.